The number of hydrogen-bond donors (Lipinski definition) is 1. The van der Waals surface area contributed by atoms with Gasteiger partial charge in [-0.1, -0.05) is 17.7 Å². The molecule has 0 radical (unpaired) electrons. The van der Waals surface area contributed by atoms with E-state index in [-0.39, 0.29) is 12.4 Å². The lowest BCUT2D eigenvalue weighted by atomic mass is 10.2. The summed E-state index contributed by atoms with van der Waals surface area (Å²) in [6.07, 6.45) is 0. The smallest absolute Gasteiger partial charge is 0.136 e. The number of benzene rings is 1. The Morgan fingerprint density at radius 2 is 2.24 bits per heavy atom. The minimum Gasteiger partial charge on any atom is -0.383 e. The van der Waals surface area contributed by atoms with Crippen molar-refractivity contribution in [3.8, 4) is 0 Å². The summed E-state index contributed by atoms with van der Waals surface area (Å²) in [5.74, 6) is 0.123. The lowest BCUT2D eigenvalue weighted by Crippen LogP contribution is -2.07. The Bertz CT molecular complexity index is 568. The van der Waals surface area contributed by atoms with E-state index in [9.17, 15) is 4.39 Å². The molecule has 1 aromatic carbocycles. The summed E-state index contributed by atoms with van der Waals surface area (Å²) >= 11 is 9.01. The number of aryl methyl sites for hydroxylation is 1. The maximum atomic E-state index is 13.6. The Balaban J connectivity index is 2.34. The van der Waals surface area contributed by atoms with Gasteiger partial charge in [0.05, 0.1) is 16.7 Å². The first-order chi connectivity index (χ1) is 7.99. The Hall–Kier alpha value is -1.07. The maximum Gasteiger partial charge on any atom is 0.136 e. The predicted octanol–water partition coefficient (Wildman–Crippen LogP) is 3.38. The minimum absolute atomic E-state index is 0.279. The molecule has 6 heteroatoms. The summed E-state index contributed by atoms with van der Waals surface area (Å²) in [5, 5.41) is 4.59. The van der Waals surface area contributed by atoms with E-state index in [1.165, 1.54) is 6.07 Å². The monoisotopic (exact) mass is 317 g/mol. The SMILES string of the molecule is Cc1nn(Cc2ccc(Cl)cc2F)c(N)c1Br. The highest BCUT2D eigenvalue weighted by atomic mass is 79.9. The van der Waals surface area contributed by atoms with Crippen LogP contribution in [0.4, 0.5) is 10.2 Å². The third kappa shape index (κ3) is 2.45. The van der Waals surface area contributed by atoms with Crippen LogP contribution in [0.25, 0.3) is 0 Å². The first-order valence-corrected chi connectivity index (χ1v) is 6.08. The van der Waals surface area contributed by atoms with Crippen LogP contribution in [0, 0.1) is 12.7 Å². The molecule has 0 bridgehead atoms. The largest absolute Gasteiger partial charge is 0.383 e. The first-order valence-electron chi connectivity index (χ1n) is 4.91. The Morgan fingerprint density at radius 1 is 1.53 bits per heavy atom. The Kier molecular flexibility index (Phi) is 3.40. The molecule has 0 atom stereocenters. The zero-order valence-corrected chi connectivity index (χ0v) is 11.4. The van der Waals surface area contributed by atoms with Crippen LogP contribution < -0.4 is 5.73 Å². The van der Waals surface area contributed by atoms with E-state index in [4.69, 9.17) is 17.3 Å². The van der Waals surface area contributed by atoms with E-state index in [1.807, 2.05) is 6.92 Å². The molecule has 3 nitrogen and oxygen atoms in total. The number of nitrogen functional groups attached to an aromatic ring is 1. The number of hydrogen-bond acceptors (Lipinski definition) is 2. The Morgan fingerprint density at radius 3 is 2.76 bits per heavy atom. The number of aromatic nitrogens is 2. The van der Waals surface area contributed by atoms with Crippen molar-refractivity contribution in [2.75, 3.05) is 5.73 Å². The maximum absolute atomic E-state index is 13.6. The number of nitrogens with zero attached hydrogens (tertiary/aromatic N) is 2. The number of rotatable bonds is 2. The molecule has 17 heavy (non-hydrogen) atoms. The molecular weight excluding hydrogens is 308 g/mol. The van der Waals surface area contributed by atoms with Crippen LogP contribution in [0.15, 0.2) is 22.7 Å². The highest BCUT2D eigenvalue weighted by Crippen LogP contribution is 2.24. The van der Waals surface area contributed by atoms with Gasteiger partial charge in [0, 0.05) is 10.6 Å². The zero-order chi connectivity index (χ0) is 12.6. The second-order valence-corrected chi connectivity index (χ2v) is 4.91. The molecule has 1 heterocycles. The zero-order valence-electron chi connectivity index (χ0n) is 9.04. The first kappa shape index (κ1) is 12.4. The number of nitrogens with two attached hydrogens (primary N) is 1. The van der Waals surface area contributed by atoms with Gasteiger partial charge in [0.15, 0.2) is 0 Å². The van der Waals surface area contributed by atoms with Crippen LogP contribution in [0.3, 0.4) is 0 Å². The molecule has 0 aliphatic heterocycles. The second kappa shape index (κ2) is 4.66. The van der Waals surface area contributed by atoms with E-state index >= 15 is 0 Å². The van der Waals surface area contributed by atoms with Crippen LogP contribution in [0.1, 0.15) is 11.3 Å². The van der Waals surface area contributed by atoms with Gasteiger partial charge in [0.2, 0.25) is 0 Å². The standard InChI is InChI=1S/C11H10BrClFN3/c1-6-10(12)11(15)17(16-6)5-7-2-3-8(13)4-9(7)14/h2-4H,5,15H2,1H3. The van der Waals surface area contributed by atoms with Gasteiger partial charge in [0.1, 0.15) is 11.6 Å². The quantitative estimate of drug-likeness (QED) is 0.922. The van der Waals surface area contributed by atoms with Gasteiger partial charge in [-0.3, -0.25) is 0 Å². The highest BCUT2D eigenvalue weighted by Gasteiger charge is 2.11. The van der Waals surface area contributed by atoms with Crippen molar-refractivity contribution in [2.45, 2.75) is 13.5 Å². The fraction of sp³-hybridized carbons (Fsp3) is 0.182. The summed E-state index contributed by atoms with van der Waals surface area (Å²) in [6, 6.07) is 4.54. The molecule has 0 saturated carbocycles. The molecule has 0 spiro atoms. The predicted molar refractivity (Wildman–Crippen MR) is 69.6 cm³/mol. The lowest BCUT2D eigenvalue weighted by molar-refractivity contribution is 0.586. The van der Waals surface area contributed by atoms with Crippen molar-refractivity contribution in [3.63, 3.8) is 0 Å². The topological polar surface area (TPSA) is 43.8 Å². The molecular formula is C11H10BrClFN3. The third-order valence-electron chi connectivity index (χ3n) is 2.43. The molecule has 0 fully saturated rings. The average Bonchev–Trinajstić information content (AvgIpc) is 2.50. The average molecular weight is 319 g/mol. The molecule has 2 aromatic rings. The molecule has 1 aromatic heterocycles. The van der Waals surface area contributed by atoms with E-state index < -0.39 is 0 Å². The van der Waals surface area contributed by atoms with Crippen LogP contribution in [-0.2, 0) is 6.54 Å². The molecule has 0 unspecified atom stereocenters. The van der Waals surface area contributed by atoms with Gasteiger partial charge in [-0.25, -0.2) is 9.07 Å². The van der Waals surface area contributed by atoms with Crippen LogP contribution in [0.2, 0.25) is 5.02 Å². The van der Waals surface area contributed by atoms with Gasteiger partial charge >= 0.3 is 0 Å². The second-order valence-electron chi connectivity index (χ2n) is 3.68. The summed E-state index contributed by atoms with van der Waals surface area (Å²) in [5.41, 5.74) is 7.11. The van der Waals surface area contributed by atoms with Gasteiger partial charge < -0.3 is 5.73 Å². The van der Waals surface area contributed by atoms with E-state index in [1.54, 1.807) is 16.8 Å². The van der Waals surface area contributed by atoms with Crippen molar-refractivity contribution in [2.24, 2.45) is 0 Å². The number of anilines is 1. The minimum atomic E-state index is -0.360. The summed E-state index contributed by atoms with van der Waals surface area (Å²) in [4.78, 5) is 0. The molecule has 0 aliphatic carbocycles. The lowest BCUT2D eigenvalue weighted by Gasteiger charge is -2.06. The van der Waals surface area contributed by atoms with Crippen molar-refractivity contribution >= 4 is 33.3 Å². The summed E-state index contributed by atoms with van der Waals surface area (Å²) in [6.45, 7) is 2.11. The van der Waals surface area contributed by atoms with Crippen LogP contribution >= 0.6 is 27.5 Å². The van der Waals surface area contributed by atoms with Crippen LogP contribution in [0.5, 0.6) is 0 Å². The molecule has 0 amide bonds. The van der Waals surface area contributed by atoms with Crippen molar-refractivity contribution in [1.82, 2.24) is 9.78 Å². The molecule has 0 saturated heterocycles. The summed E-state index contributed by atoms with van der Waals surface area (Å²) < 4.78 is 15.9. The van der Waals surface area contributed by atoms with E-state index in [0.717, 1.165) is 10.2 Å². The fourth-order valence-electron chi connectivity index (χ4n) is 1.51. The molecule has 90 valence electrons. The molecule has 2 N–H and O–H groups in total. The van der Waals surface area contributed by atoms with Crippen molar-refractivity contribution in [1.29, 1.82) is 0 Å². The highest BCUT2D eigenvalue weighted by molar-refractivity contribution is 9.10. The molecule has 0 aliphatic rings. The van der Waals surface area contributed by atoms with Gasteiger partial charge in [-0.05, 0) is 35.0 Å². The van der Waals surface area contributed by atoms with E-state index in [0.29, 0.717) is 16.4 Å². The van der Waals surface area contributed by atoms with Gasteiger partial charge in [-0.15, -0.1) is 0 Å². The molecule has 2 rings (SSSR count). The van der Waals surface area contributed by atoms with Gasteiger partial charge in [-0.2, -0.15) is 5.10 Å². The van der Waals surface area contributed by atoms with Crippen molar-refractivity contribution in [3.05, 3.63) is 44.8 Å². The van der Waals surface area contributed by atoms with Crippen LogP contribution in [-0.4, -0.2) is 9.78 Å². The van der Waals surface area contributed by atoms with E-state index in [2.05, 4.69) is 21.0 Å². The number of halogens is 3. The Labute approximate surface area is 112 Å². The fourth-order valence-corrected chi connectivity index (χ4v) is 1.95. The summed E-state index contributed by atoms with van der Waals surface area (Å²) in [7, 11) is 0. The van der Waals surface area contributed by atoms with Crippen molar-refractivity contribution < 1.29 is 4.39 Å². The third-order valence-corrected chi connectivity index (χ3v) is 3.64. The van der Waals surface area contributed by atoms with Gasteiger partial charge in [0.25, 0.3) is 0 Å². The normalized spacial score (nSPS) is 10.8.